The summed E-state index contributed by atoms with van der Waals surface area (Å²) in [6, 6.07) is 71.8. The molecule has 0 saturated heterocycles. The van der Waals surface area contributed by atoms with Crippen LogP contribution in [0.3, 0.4) is 0 Å². The Morgan fingerprint density at radius 3 is 1.25 bits per heavy atom. The summed E-state index contributed by atoms with van der Waals surface area (Å²) in [7, 11) is 0. The normalized spacial score (nSPS) is 11.8. The lowest BCUT2D eigenvalue weighted by atomic mass is 9.98. The molecule has 0 N–H and O–H groups in total. The molecule has 6 nitrogen and oxygen atoms in total. The van der Waals surface area contributed by atoms with Gasteiger partial charge in [-0.15, -0.1) is 0 Å². The lowest BCUT2D eigenvalue weighted by Crippen LogP contribution is -2.00. The molecule has 4 aromatic heterocycles. The number of nitrogens with zero attached hydrogens (tertiary/aromatic N) is 4. The maximum absolute atomic E-state index is 6.16. The first-order chi connectivity index (χ1) is 31.2. The molecule has 13 rings (SSSR count). The molecule has 63 heavy (non-hydrogen) atoms. The van der Waals surface area contributed by atoms with Gasteiger partial charge in [0.25, 0.3) is 0 Å². The Kier molecular flexibility index (Phi) is 7.80. The Balaban J connectivity index is 0.863. The predicted molar refractivity (Wildman–Crippen MR) is 256 cm³/mol. The highest BCUT2D eigenvalue weighted by Gasteiger charge is 2.17. The standard InChI is InChI=1S/C57H34N4O2/c1-2-10-42(11-3-1)61-49-15-7-4-12-43(49)46-32-39(26-29-50(46)61)37-20-18-35(19-21-37)36-22-24-38(25-23-36)55-58-56(40-27-30-53-47(33-40)44-13-5-8-16-51(44)62-53)60-57(59-55)41-28-31-54-48(34-41)45-14-6-9-17-52(45)63-54/h1-34H. The molecule has 6 heteroatoms. The lowest BCUT2D eigenvalue weighted by molar-refractivity contribution is 0.668. The van der Waals surface area contributed by atoms with E-state index >= 15 is 0 Å². The van der Waals surface area contributed by atoms with Gasteiger partial charge < -0.3 is 13.4 Å². The van der Waals surface area contributed by atoms with Gasteiger partial charge in [-0.25, -0.2) is 15.0 Å². The largest absolute Gasteiger partial charge is 0.456 e. The number of benzene rings is 9. The van der Waals surface area contributed by atoms with Crippen molar-refractivity contribution < 1.29 is 8.83 Å². The summed E-state index contributed by atoms with van der Waals surface area (Å²) in [5.41, 5.74) is 14.1. The van der Waals surface area contributed by atoms with Crippen LogP contribution in [-0.4, -0.2) is 19.5 Å². The molecule has 0 radical (unpaired) electrons. The number of rotatable bonds is 6. The SMILES string of the molecule is c1ccc(-n2c3ccccc3c3cc(-c4ccc(-c5ccc(-c6nc(-c7ccc8oc9ccccc9c8c7)nc(-c7ccc8oc9ccccc9c8c7)n6)cc5)cc4)ccc32)cc1. The molecule has 0 bridgehead atoms. The van der Waals surface area contributed by atoms with Crippen molar-refractivity contribution in [2.24, 2.45) is 0 Å². The number of hydrogen-bond donors (Lipinski definition) is 0. The average molecular weight is 807 g/mol. The van der Waals surface area contributed by atoms with E-state index in [9.17, 15) is 0 Å². The van der Waals surface area contributed by atoms with E-state index < -0.39 is 0 Å². The molecule has 0 fully saturated rings. The Morgan fingerprint density at radius 2 is 0.667 bits per heavy atom. The second kappa shape index (κ2) is 14.0. The minimum atomic E-state index is 0.585. The van der Waals surface area contributed by atoms with Gasteiger partial charge in [0.2, 0.25) is 0 Å². The third-order valence-corrected chi connectivity index (χ3v) is 12.3. The van der Waals surface area contributed by atoms with Crippen molar-refractivity contribution in [3.63, 3.8) is 0 Å². The zero-order valence-electron chi connectivity index (χ0n) is 33.7. The number of furan rings is 2. The van der Waals surface area contributed by atoms with Crippen molar-refractivity contribution >= 4 is 65.7 Å². The highest BCUT2D eigenvalue weighted by molar-refractivity contribution is 6.11. The van der Waals surface area contributed by atoms with E-state index in [2.05, 4.69) is 150 Å². The van der Waals surface area contributed by atoms with E-state index in [0.717, 1.165) is 77.4 Å². The van der Waals surface area contributed by atoms with Gasteiger partial charge in [-0.3, -0.25) is 0 Å². The predicted octanol–water partition coefficient (Wildman–Crippen LogP) is 15.1. The van der Waals surface area contributed by atoms with Crippen LogP contribution in [0.25, 0.3) is 128 Å². The van der Waals surface area contributed by atoms with Gasteiger partial charge in [-0.1, -0.05) is 127 Å². The zero-order chi connectivity index (χ0) is 41.4. The van der Waals surface area contributed by atoms with E-state index in [1.54, 1.807) is 0 Å². The molecule has 0 aliphatic rings. The van der Waals surface area contributed by atoms with Crippen molar-refractivity contribution in [1.29, 1.82) is 0 Å². The van der Waals surface area contributed by atoms with Gasteiger partial charge in [0, 0.05) is 54.7 Å². The fourth-order valence-electron chi connectivity index (χ4n) is 9.17. The highest BCUT2D eigenvalue weighted by Crippen LogP contribution is 2.38. The molecule has 0 amide bonds. The highest BCUT2D eigenvalue weighted by atomic mass is 16.3. The molecule has 0 unspecified atom stereocenters. The topological polar surface area (TPSA) is 69.9 Å². The Labute approximate surface area is 361 Å². The van der Waals surface area contributed by atoms with Gasteiger partial charge in [0.15, 0.2) is 17.5 Å². The summed E-state index contributed by atoms with van der Waals surface area (Å²) >= 11 is 0. The summed E-state index contributed by atoms with van der Waals surface area (Å²) in [4.78, 5) is 15.3. The molecule has 0 atom stereocenters. The fourth-order valence-corrected chi connectivity index (χ4v) is 9.17. The number of hydrogen-bond acceptors (Lipinski definition) is 5. The van der Waals surface area contributed by atoms with Crippen molar-refractivity contribution in [3.05, 3.63) is 206 Å². The molecule has 294 valence electrons. The van der Waals surface area contributed by atoms with E-state index in [-0.39, 0.29) is 0 Å². The quantitative estimate of drug-likeness (QED) is 0.167. The van der Waals surface area contributed by atoms with Crippen molar-refractivity contribution in [1.82, 2.24) is 19.5 Å². The van der Waals surface area contributed by atoms with Gasteiger partial charge in [-0.05, 0) is 101 Å². The number of aromatic nitrogens is 4. The first-order valence-electron chi connectivity index (χ1n) is 21.1. The molecule has 0 spiro atoms. The van der Waals surface area contributed by atoms with E-state index in [4.69, 9.17) is 23.8 Å². The molecule has 0 aliphatic carbocycles. The molecular weight excluding hydrogens is 773 g/mol. The second-order valence-electron chi connectivity index (χ2n) is 16.0. The lowest BCUT2D eigenvalue weighted by Gasteiger charge is -2.10. The fraction of sp³-hybridized carbons (Fsp3) is 0. The summed E-state index contributed by atoms with van der Waals surface area (Å²) in [6.45, 7) is 0. The average Bonchev–Trinajstić information content (AvgIpc) is 4.03. The number of para-hydroxylation sites is 4. The Bertz CT molecular complexity index is 3770. The van der Waals surface area contributed by atoms with Crippen LogP contribution in [0.2, 0.25) is 0 Å². The van der Waals surface area contributed by atoms with Gasteiger partial charge in [-0.2, -0.15) is 0 Å². The van der Waals surface area contributed by atoms with Gasteiger partial charge in [0.1, 0.15) is 22.3 Å². The molecule has 0 saturated carbocycles. The first-order valence-corrected chi connectivity index (χ1v) is 21.1. The smallest absolute Gasteiger partial charge is 0.164 e. The summed E-state index contributed by atoms with van der Waals surface area (Å²) < 4.78 is 14.7. The molecule has 9 aromatic carbocycles. The van der Waals surface area contributed by atoms with Gasteiger partial charge in [0.05, 0.1) is 11.0 Å². The molecule has 13 aromatic rings. The van der Waals surface area contributed by atoms with E-state index in [1.807, 2.05) is 60.7 Å². The summed E-state index contributed by atoms with van der Waals surface area (Å²) in [5, 5.41) is 6.62. The minimum absolute atomic E-state index is 0.585. The van der Waals surface area contributed by atoms with E-state index in [0.29, 0.717) is 17.5 Å². The van der Waals surface area contributed by atoms with Gasteiger partial charge >= 0.3 is 0 Å². The van der Waals surface area contributed by atoms with Crippen LogP contribution >= 0.6 is 0 Å². The Hall–Kier alpha value is -8.61. The van der Waals surface area contributed by atoms with Crippen LogP contribution in [0.4, 0.5) is 0 Å². The van der Waals surface area contributed by atoms with Crippen LogP contribution in [0.15, 0.2) is 215 Å². The van der Waals surface area contributed by atoms with Crippen molar-refractivity contribution in [2.45, 2.75) is 0 Å². The van der Waals surface area contributed by atoms with Crippen LogP contribution in [-0.2, 0) is 0 Å². The van der Waals surface area contributed by atoms with Crippen LogP contribution < -0.4 is 0 Å². The third-order valence-electron chi connectivity index (χ3n) is 12.3. The maximum Gasteiger partial charge on any atom is 0.164 e. The number of fused-ring (bicyclic) bond motifs is 9. The second-order valence-corrected chi connectivity index (χ2v) is 16.0. The maximum atomic E-state index is 6.16. The van der Waals surface area contributed by atoms with Crippen LogP contribution in [0.1, 0.15) is 0 Å². The minimum Gasteiger partial charge on any atom is -0.456 e. The molecular formula is C57H34N4O2. The monoisotopic (exact) mass is 806 g/mol. The zero-order valence-corrected chi connectivity index (χ0v) is 33.7. The third kappa shape index (κ3) is 5.84. The van der Waals surface area contributed by atoms with E-state index in [1.165, 1.54) is 32.9 Å². The van der Waals surface area contributed by atoms with Crippen molar-refractivity contribution in [3.8, 4) is 62.1 Å². The van der Waals surface area contributed by atoms with Crippen LogP contribution in [0.5, 0.6) is 0 Å². The van der Waals surface area contributed by atoms with Crippen molar-refractivity contribution in [2.75, 3.05) is 0 Å². The summed E-state index contributed by atoms with van der Waals surface area (Å²) in [6.07, 6.45) is 0. The molecule has 4 heterocycles. The van der Waals surface area contributed by atoms with Crippen LogP contribution in [0, 0.1) is 0 Å². The first kappa shape index (κ1) is 35.2. The summed E-state index contributed by atoms with van der Waals surface area (Å²) in [5.74, 6) is 1.76. The molecule has 0 aliphatic heterocycles. The Morgan fingerprint density at radius 1 is 0.270 bits per heavy atom.